The van der Waals surface area contributed by atoms with Gasteiger partial charge in [0.15, 0.2) is 5.78 Å². The summed E-state index contributed by atoms with van der Waals surface area (Å²) in [6, 6.07) is 0. The average molecular weight is 166 g/mol. The van der Waals surface area contributed by atoms with E-state index in [9.17, 15) is 4.79 Å². The molecule has 12 heavy (non-hydrogen) atoms. The van der Waals surface area contributed by atoms with Crippen molar-refractivity contribution in [3.63, 3.8) is 0 Å². The van der Waals surface area contributed by atoms with E-state index in [1.54, 1.807) is 0 Å². The molecular formula is C11H18O. The third-order valence-electron chi connectivity index (χ3n) is 2.59. The minimum Gasteiger partial charge on any atom is -0.295 e. The Bertz CT molecular complexity index is 191. The molecule has 1 heteroatoms. The van der Waals surface area contributed by atoms with Gasteiger partial charge in [-0.1, -0.05) is 25.8 Å². The summed E-state index contributed by atoms with van der Waals surface area (Å²) in [6.07, 6.45) is 7.30. The van der Waals surface area contributed by atoms with Gasteiger partial charge in [-0.25, -0.2) is 0 Å². The van der Waals surface area contributed by atoms with E-state index in [2.05, 4.69) is 13.8 Å². The standard InChI is InChI=1S/C11H18O/c1-3-5-9(2)10-6-4-7-11(12)8-10/h8-9H,3-7H2,1-2H3. The lowest BCUT2D eigenvalue weighted by Gasteiger charge is -2.18. The van der Waals surface area contributed by atoms with Crippen LogP contribution in [0.25, 0.3) is 0 Å². The number of ketones is 1. The number of carbonyl (C=O) groups excluding carboxylic acids is 1. The Morgan fingerprint density at radius 1 is 1.50 bits per heavy atom. The molecule has 1 rings (SSSR count). The van der Waals surface area contributed by atoms with Crippen LogP contribution < -0.4 is 0 Å². The van der Waals surface area contributed by atoms with E-state index in [1.165, 1.54) is 18.4 Å². The summed E-state index contributed by atoms with van der Waals surface area (Å²) in [7, 11) is 0. The Morgan fingerprint density at radius 2 is 2.25 bits per heavy atom. The first-order valence-corrected chi connectivity index (χ1v) is 4.97. The van der Waals surface area contributed by atoms with Crippen molar-refractivity contribution in [2.45, 2.75) is 46.0 Å². The van der Waals surface area contributed by atoms with Gasteiger partial charge in [-0.3, -0.25) is 4.79 Å². The molecule has 1 aliphatic rings. The van der Waals surface area contributed by atoms with Crippen molar-refractivity contribution < 1.29 is 4.79 Å². The van der Waals surface area contributed by atoms with Gasteiger partial charge in [-0.05, 0) is 31.3 Å². The van der Waals surface area contributed by atoms with Crippen LogP contribution in [0.15, 0.2) is 11.6 Å². The van der Waals surface area contributed by atoms with Gasteiger partial charge >= 0.3 is 0 Å². The predicted molar refractivity (Wildman–Crippen MR) is 51.0 cm³/mol. The van der Waals surface area contributed by atoms with Gasteiger partial charge in [-0.2, -0.15) is 0 Å². The summed E-state index contributed by atoms with van der Waals surface area (Å²) in [5.41, 5.74) is 1.38. The van der Waals surface area contributed by atoms with Crippen molar-refractivity contribution in [3.8, 4) is 0 Å². The van der Waals surface area contributed by atoms with Crippen LogP contribution in [0.2, 0.25) is 0 Å². The lowest BCUT2D eigenvalue weighted by molar-refractivity contribution is -0.115. The monoisotopic (exact) mass is 166 g/mol. The maximum atomic E-state index is 11.1. The molecule has 0 saturated heterocycles. The summed E-state index contributed by atoms with van der Waals surface area (Å²) >= 11 is 0. The summed E-state index contributed by atoms with van der Waals surface area (Å²) in [5.74, 6) is 0.957. The number of rotatable bonds is 3. The summed E-state index contributed by atoms with van der Waals surface area (Å²) in [5, 5.41) is 0. The van der Waals surface area contributed by atoms with Crippen LogP contribution in [0, 0.1) is 5.92 Å². The van der Waals surface area contributed by atoms with E-state index in [-0.39, 0.29) is 0 Å². The van der Waals surface area contributed by atoms with Crippen molar-refractivity contribution in [2.24, 2.45) is 5.92 Å². The topological polar surface area (TPSA) is 17.1 Å². The Balaban J connectivity index is 2.54. The first-order chi connectivity index (χ1) is 5.74. The molecule has 1 atom stereocenters. The Morgan fingerprint density at radius 3 is 2.83 bits per heavy atom. The van der Waals surface area contributed by atoms with Gasteiger partial charge in [0.2, 0.25) is 0 Å². The molecule has 1 aliphatic carbocycles. The molecule has 0 N–H and O–H groups in total. The lowest BCUT2D eigenvalue weighted by Crippen LogP contribution is -2.08. The van der Waals surface area contributed by atoms with E-state index < -0.39 is 0 Å². The third kappa shape index (κ3) is 2.47. The molecule has 0 bridgehead atoms. The maximum absolute atomic E-state index is 11.1. The molecule has 0 fully saturated rings. The van der Waals surface area contributed by atoms with Crippen molar-refractivity contribution in [1.29, 1.82) is 0 Å². The van der Waals surface area contributed by atoms with Crippen LogP contribution in [0.3, 0.4) is 0 Å². The molecule has 1 nitrogen and oxygen atoms in total. The minimum atomic E-state index is 0.333. The fraction of sp³-hybridized carbons (Fsp3) is 0.727. The van der Waals surface area contributed by atoms with Crippen LogP contribution >= 0.6 is 0 Å². The van der Waals surface area contributed by atoms with Crippen LogP contribution in [-0.2, 0) is 4.79 Å². The normalized spacial score (nSPS) is 20.5. The first-order valence-electron chi connectivity index (χ1n) is 4.97. The number of hydrogen-bond donors (Lipinski definition) is 0. The Kier molecular flexibility index (Phi) is 3.51. The highest BCUT2D eigenvalue weighted by atomic mass is 16.1. The zero-order valence-corrected chi connectivity index (χ0v) is 8.10. The van der Waals surface area contributed by atoms with E-state index in [4.69, 9.17) is 0 Å². The van der Waals surface area contributed by atoms with Gasteiger partial charge in [-0.15, -0.1) is 0 Å². The quantitative estimate of drug-likeness (QED) is 0.629. The lowest BCUT2D eigenvalue weighted by atomic mass is 9.87. The fourth-order valence-corrected chi connectivity index (χ4v) is 1.82. The first kappa shape index (κ1) is 9.50. The highest BCUT2D eigenvalue weighted by Crippen LogP contribution is 2.25. The van der Waals surface area contributed by atoms with E-state index >= 15 is 0 Å². The Labute approximate surface area is 74.9 Å². The molecule has 0 aromatic carbocycles. The maximum Gasteiger partial charge on any atom is 0.155 e. The van der Waals surface area contributed by atoms with Crippen LogP contribution in [0.4, 0.5) is 0 Å². The highest BCUT2D eigenvalue weighted by Gasteiger charge is 2.14. The predicted octanol–water partition coefficient (Wildman–Crippen LogP) is 3.10. The fourth-order valence-electron chi connectivity index (χ4n) is 1.82. The zero-order chi connectivity index (χ0) is 8.97. The van der Waals surface area contributed by atoms with E-state index in [0.717, 1.165) is 19.3 Å². The SMILES string of the molecule is CCCC(C)C1=CC(=O)CCC1. The summed E-state index contributed by atoms with van der Waals surface area (Å²) < 4.78 is 0. The van der Waals surface area contributed by atoms with Gasteiger partial charge < -0.3 is 0 Å². The zero-order valence-electron chi connectivity index (χ0n) is 8.10. The molecule has 0 amide bonds. The van der Waals surface area contributed by atoms with Gasteiger partial charge in [0.1, 0.15) is 0 Å². The molecule has 0 saturated carbocycles. The minimum absolute atomic E-state index is 0.333. The molecule has 0 aliphatic heterocycles. The largest absolute Gasteiger partial charge is 0.295 e. The van der Waals surface area contributed by atoms with Gasteiger partial charge in [0.05, 0.1) is 0 Å². The second-order valence-electron chi connectivity index (χ2n) is 3.73. The summed E-state index contributed by atoms with van der Waals surface area (Å²) in [6.45, 7) is 4.43. The van der Waals surface area contributed by atoms with Gasteiger partial charge in [0.25, 0.3) is 0 Å². The smallest absolute Gasteiger partial charge is 0.155 e. The molecule has 1 unspecified atom stereocenters. The number of hydrogen-bond acceptors (Lipinski definition) is 1. The van der Waals surface area contributed by atoms with Crippen molar-refractivity contribution in [3.05, 3.63) is 11.6 Å². The van der Waals surface area contributed by atoms with Crippen LogP contribution in [0.1, 0.15) is 46.0 Å². The third-order valence-corrected chi connectivity index (χ3v) is 2.59. The van der Waals surface area contributed by atoms with Crippen LogP contribution in [-0.4, -0.2) is 5.78 Å². The molecule has 0 aromatic heterocycles. The summed E-state index contributed by atoms with van der Waals surface area (Å²) in [4.78, 5) is 11.1. The molecule has 0 aromatic rings. The molecule has 0 radical (unpaired) electrons. The number of carbonyl (C=O) groups is 1. The molecule has 0 spiro atoms. The average Bonchev–Trinajstić information content (AvgIpc) is 2.05. The second kappa shape index (κ2) is 4.44. The van der Waals surface area contributed by atoms with Gasteiger partial charge in [0, 0.05) is 6.42 Å². The van der Waals surface area contributed by atoms with E-state index in [0.29, 0.717) is 11.7 Å². The van der Waals surface area contributed by atoms with Crippen molar-refractivity contribution >= 4 is 5.78 Å². The number of allylic oxidation sites excluding steroid dienone is 2. The van der Waals surface area contributed by atoms with E-state index in [1.807, 2.05) is 6.08 Å². The molecule has 68 valence electrons. The molecule has 0 heterocycles. The van der Waals surface area contributed by atoms with Crippen LogP contribution in [0.5, 0.6) is 0 Å². The van der Waals surface area contributed by atoms with Crippen molar-refractivity contribution in [2.75, 3.05) is 0 Å². The Hall–Kier alpha value is -0.590. The van der Waals surface area contributed by atoms with Crippen molar-refractivity contribution in [1.82, 2.24) is 0 Å². The molecular weight excluding hydrogens is 148 g/mol. The highest BCUT2D eigenvalue weighted by molar-refractivity contribution is 5.91. The second-order valence-corrected chi connectivity index (χ2v) is 3.73.